The molecule has 3 nitrogen and oxygen atoms in total. The second kappa shape index (κ2) is 6.00. The first-order chi connectivity index (χ1) is 9.04. The molecule has 0 amide bonds. The van der Waals surface area contributed by atoms with Crippen LogP contribution in [0.15, 0.2) is 18.2 Å². The molecule has 19 heavy (non-hydrogen) atoms. The normalized spacial score (nSPS) is 10.7. The number of hydrogen-bond donors (Lipinski definition) is 1. The summed E-state index contributed by atoms with van der Waals surface area (Å²) in [6.07, 6.45) is 1.71. The average molecular weight is 392 g/mol. The highest BCUT2D eigenvalue weighted by molar-refractivity contribution is 14.1. The predicted molar refractivity (Wildman–Crippen MR) is 83.6 cm³/mol. The number of halogens is 3. The summed E-state index contributed by atoms with van der Waals surface area (Å²) in [5.74, 6) is 0.127. The zero-order valence-corrected chi connectivity index (χ0v) is 13.2. The Balaban J connectivity index is 2.59. The molecule has 0 unspecified atom stereocenters. The molecular weight excluding hydrogens is 380 g/mol. The van der Waals surface area contributed by atoms with Gasteiger partial charge in [-0.2, -0.15) is 0 Å². The van der Waals surface area contributed by atoms with Crippen LogP contribution in [-0.2, 0) is 6.42 Å². The van der Waals surface area contributed by atoms with Crippen LogP contribution in [0.4, 0.5) is 10.2 Å². The van der Waals surface area contributed by atoms with Crippen LogP contribution in [0.2, 0.25) is 5.02 Å². The lowest BCUT2D eigenvalue weighted by Crippen LogP contribution is -2.05. The number of nitrogens with zero attached hydrogens (tertiary/aromatic N) is 2. The molecule has 0 atom stereocenters. The number of benzene rings is 1. The minimum Gasteiger partial charge on any atom is -0.383 e. The van der Waals surface area contributed by atoms with E-state index in [0.717, 1.165) is 22.1 Å². The van der Waals surface area contributed by atoms with E-state index in [1.54, 1.807) is 12.1 Å². The van der Waals surface area contributed by atoms with Crippen molar-refractivity contribution in [1.29, 1.82) is 0 Å². The Bertz CT molecular complexity index is 619. The lowest BCUT2D eigenvalue weighted by Gasteiger charge is -2.09. The zero-order chi connectivity index (χ0) is 14.0. The van der Waals surface area contributed by atoms with E-state index in [9.17, 15) is 4.39 Å². The van der Waals surface area contributed by atoms with Crippen LogP contribution in [0.3, 0.4) is 0 Å². The van der Waals surface area contributed by atoms with E-state index in [2.05, 4.69) is 32.6 Å². The van der Waals surface area contributed by atoms with Gasteiger partial charge in [-0.3, -0.25) is 0 Å². The van der Waals surface area contributed by atoms with Crippen LogP contribution in [0.1, 0.15) is 19.0 Å². The van der Waals surface area contributed by atoms with E-state index < -0.39 is 5.82 Å². The van der Waals surface area contributed by atoms with Crippen LogP contribution in [0, 0.1) is 9.39 Å². The maximum atomic E-state index is 14.0. The molecule has 2 aromatic rings. The first kappa shape index (κ1) is 14.5. The average Bonchev–Trinajstić information content (AvgIpc) is 2.38. The van der Waals surface area contributed by atoms with Crippen molar-refractivity contribution < 1.29 is 4.39 Å². The van der Waals surface area contributed by atoms with Gasteiger partial charge in [-0.25, -0.2) is 14.4 Å². The van der Waals surface area contributed by atoms with Crippen molar-refractivity contribution in [1.82, 2.24) is 9.97 Å². The van der Waals surface area contributed by atoms with E-state index in [4.69, 9.17) is 17.3 Å². The van der Waals surface area contributed by atoms with Crippen molar-refractivity contribution >= 4 is 40.0 Å². The van der Waals surface area contributed by atoms with Gasteiger partial charge in [-0.15, -0.1) is 0 Å². The molecule has 1 aromatic heterocycles. The topological polar surface area (TPSA) is 51.8 Å². The molecule has 0 aliphatic heterocycles. The lowest BCUT2D eigenvalue weighted by molar-refractivity contribution is 0.630. The number of anilines is 1. The molecular formula is C13H12ClFIN3. The van der Waals surface area contributed by atoms with Crippen LogP contribution in [-0.4, -0.2) is 9.97 Å². The maximum Gasteiger partial charge on any atom is 0.164 e. The number of aromatic nitrogens is 2. The predicted octanol–water partition coefficient (Wildman–Crippen LogP) is 4.08. The molecule has 1 heterocycles. The Hall–Kier alpha value is -0.950. The van der Waals surface area contributed by atoms with Gasteiger partial charge in [0, 0.05) is 0 Å². The molecule has 0 fully saturated rings. The molecule has 0 saturated carbocycles. The van der Waals surface area contributed by atoms with Crippen molar-refractivity contribution in [3.05, 3.63) is 38.3 Å². The first-order valence-corrected chi connectivity index (χ1v) is 7.26. The molecule has 6 heteroatoms. The van der Waals surface area contributed by atoms with Gasteiger partial charge in [0.15, 0.2) is 11.6 Å². The quantitative estimate of drug-likeness (QED) is 0.802. The third-order valence-electron chi connectivity index (χ3n) is 2.62. The van der Waals surface area contributed by atoms with Gasteiger partial charge in [0.1, 0.15) is 5.82 Å². The fraction of sp³-hybridized carbons (Fsp3) is 0.231. The molecule has 0 spiro atoms. The molecule has 0 radical (unpaired) electrons. The second-order valence-corrected chi connectivity index (χ2v) is 5.53. The van der Waals surface area contributed by atoms with Gasteiger partial charge in [-0.05, 0) is 41.1 Å². The van der Waals surface area contributed by atoms with Gasteiger partial charge in [0.05, 0.1) is 19.9 Å². The highest BCUT2D eigenvalue weighted by Gasteiger charge is 2.15. The molecule has 1 aromatic carbocycles. The van der Waals surface area contributed by atoms with Gasteiger partial charge in [0.2, 0.25) is 0 Å². The molecule has 0 aliphatic carbocycles. The van der Waals surface area contributed by atoms with Crippen molar-refractivity contribution in [2.75, 3.05) is 5.73 Å². The Labute approximate surface area is 129 Å². The van der Waals surface area contributed by atoms with Gasteiger partial charge < -0.3 is 5.73 Å². The maximum absolute atomic E-state index is 14.0. The molecule has 2 N–H and O–H groups in total. The van der Waals surface area contributed by atoms with Crippen molar-refractivity contribution in [2.24, 2.45) is 0 Å². The summed E-state index contributed by atoms with van der Waals surface area (Å²) in [7, 11) is 0. The summed E-state index contributed by atoms with van der Waals surface area (Å²) in [6.45, 7) is 2.05. The summed E-state index contributed by atoms with van der Waals surface area (Å²) < 4.78 is 14.8. The Kier molecular flexibility index (Phi) is 4.57. The molecule has 0 aliphatic rings. The van der Waals surface area contributed by atoms with Crippen molar-refractivity contribution in [3.63, 3.8) is 0 Å². The summed E-state index contributed by atoms with van der Waals surface area (Å²) in [5, 5.41) is 0.0512. The van der Waals surface area contributed by atoms with Gasteiger partial charge >= 0.3 is 0 Å². The zero-order valence-electron chi connectivity index (χ0n) is 10.3. The lowest BCUT2D eigenvalue weighted by atomic mass is 10.2. The number of nitrogen functional groups attached to an aromatic ring is 1. The molecule has 0 bridgehead atoms. The second-order valence-electron chi connectivity index (χ2n) is 4.04. The van der Waals surface area contributed by atoms with Gasteiger partial charge in [-0.1, -0.05) is 31.0 Å². The highest BCUT2D eigenvalue weighted by atomic mass is 127. The third kappa shape index (κ3) is 2.97. The van der Waals surface area contributed by atoms with E-state index >= 15 is 0 Å². The smallest absolute Gasteiger partial charge is 0.164 e. The minimum atomic E-state index is -0.521. The molecule has 100 valence electrons. The van der Waals surface area contributed by atoms with Crippen molar-refractivity contribution in [2.45, 2.75) is 19.8 Å². The van der Waals surface area contributed by atoms with Crippen molar-refractivity contribution in [3.8, 4) is 11.4 Å². The highest BCUT2D eigenvalue weighted by Crippen LogP contribution is 2.28. The largest absolute Gasteiger partial charge is 0.383 e. The summed E-state index contributed by atoms with van der Waals surface area (Å²) in [6, 6.07) is 4.75. The molecule has 0 saturated heterocycles. The number of aryl methyl sites for hydroxylation is 1. The van der Waals surface area contributed by atoms with Crippen LogP contribution in [0.25, 0.3) is 11.4 Å². The SMILES string of the molecule is CCCc1nc(-c2cccc(Cl)c2F)nc(N)c1I. The fourth-order valence-corrected chi connectivity index (χ4v) is 2.40. The monoisotopic (exact) mass is 391 g/mol. The summed E-state index contributed by atoms with van der Waals surface area (Å²) >= 11 is 7.88. The Morgan fingerprint density at radius 3 is 2.79 bits per heavy atom. The number of nitrogens with two attached hydrogens (primary N) is 1. The first-order valence-electron chi connectivity index (χ1n) is 5.80. The minimum absolute atomic E-state index is 0.0512. The number of rotatable bonds is 3. The van der Waals surface area contributed by atoms with E-state index in [-0.39, 0.29) is 16.4 Å². The Morgan fingerprint density at radius 2 is 2.11 bits per heavy atom. The van der Waals surface area contributed by atoms with Crippen LogP contribution >= 0.6 is 34.2 Å². The van der Waals surface area contributed by atoms with Crippen LogP contribution in [0.5, 0.6) is 0 Å². The fourth-order valence-electron chi connectivity index (χ4n) is 1.71. The third-order valence-corrected chi connectivity index (χ3v) is 4.09. The van der Waals surface area contributed by atoms with Crippen LogP contribution < -0.4 is 5.73 Å². The number of hydrogen-bond acceptors (Lipinski definition) is 3. The van der Waals surface area contributed by atoms with Gasteiger partial charge in [0.25, 0.3) is 0 Å². The summed E-state index contributed by atoms with van der Waals surface area (Å²) in [5.41, 5.74) is 6.97. The van der Waals surface area contributed by atoms with E-state index in [0.29, 0.717) is 5.82 Å². The van der Waals surface area contributed by atoms with E-state index in [1.165, 1.54) is 6.07 Å². The summed E-state index contributed by atoms with van der Waals surface area (Å²) in [4.78, 5) is 8.55. The molecule has 2 rings (SSSR count). The van der Waals surface area contributed by atoms with E-state index in [1.807, 2.05) is 6.92 Å². The standard InChI is InChI=1S/C13H12ClFIN3/c1-2-4-9-11(16)12(17)19-13(18-9)7-5-3-6-8(14)10(7)15/h3,5-6H,2,4H2,1H3,(H2,17,18,19). The Morgan fingerprint density at radius 1 is 1.37 bits per heavy atom.